The minimum Gasteiger partial charge on any atom is -0.484 e. The van der Waals surface area contributed by atoms with Crippen LogP contribution in [0.5, 0.6) is 5.75 Å². The zero-order valence-corrected chi connectivity index (χ0v) is 9.85. The number of nitro groups is 1. The molecule has 0 N–H and O–H groups in total. The van der Waals surface area contributed by atoms with E-state index >= 15 is 0 Å². The maximum atomic E-state index is 10.8. The van der Waals surface area contributed by atoms with Crippen molar-refractivity contribution in [1.29, 1.82) is 0 Å². The van der Waals surface area contributed by atoms with Gasteiger partial charge in [0.1, 0.15) is 6.61 Å². The van der Waals surface area contributed by atoms with Crippen LogP contribution in [0.3, 0.4) is 0 Å². The van der Waals surface area contributed by atoms with Crippen LogP contribution in [0.2, 0.25) is 5.02 Å². The predicted molar refractivity (Wildman–Crippen MR) is 62.6 cm³/mol. The van der Waals surface area contributed by atoms with Gasteiger partial charge in [0, 0.05) is 23.8 Å². The first-order chi connectivity index (χ1) is 8.16. The molecule has 0 saturated carbocycles. The van der Waals surface area contributed by atoms with Crippen molar-refractivity contribution in [1.82, 2.24) is 0 Å². The number of hydrogen-bond acceptors (Lipinski definition) is 4. The molecule has 17 heavy (non-hydrogen) atoms. The van der Waals surface area contributed by atoms with Crippen molar-refractivity contribution in [2.24, 2.45) is 0 Å². The Morgan fingerprint density at radius 1 is 1.59 bits per heavy atom. The summed E-state index contributed by atoms with van der Waals surface area (Å²) in [7, 11) is 0. The first-order valence-electron chi connectivity index (χ1n) is 5.35. The van der Waals surface area contributed by atoms with Gasteiger partial charge in [-0.3, -0.25) is 10.1 Å². The van der Waals surface area contributed by atoms with Gasteiger partial charge in [-0.1, -0.05) is 11.6 Å². The molecule has 0 spiro atoms. The van der Waals surface area contributed by atoms with Crippen LogP contribution in [0.25, 0.3) is 0 Å². The highest BCUT2D eigenvalue weighted by Crippen LogP contribution is 2.30. The minimum absolute atomic E-state index is 0.0218. The van der Waals surface area contributed by atoms with E-state index in [4.69, 9.17) is 21.1 Å². The molecule has 0 bridgehead atoms. The minimum atomic E-state index is -0.485. The van der Waals surface area contributed by atoms with Crippen LogP contribution >= 0.6 is 11.6 Å². The van der Waals surface area contributed by atoms with E-state index in [2.05, 4.69) is 0 Å². The monoisotopic (exact) mass is 257 g/mol. The van der Waals surface area contributed by atoms with E-state index in [-0.39, 0.29) is 17.5 Å². The van der Waals surface area contributed by atoms with Crippen molar-refractivity contribution in [3.05, 3.63) is 33.3 Å². The van der Waals surface area contributed by atoms with Crippen LogP contribution in [0.4, 0.5) is 5.69 Å². The van der Waals surface area contributed by atoms with Crippen molar-refractivity contribution >= 4 is 17.3 Å². The molecule has 0 radical (unpaired) electrons. The van der Waals surface area contributed by atoms with Crippen LogP contribution in [-0.2, 0) is 4.74 Å². The maximum absolute atomic E-state index is 10.8. The summed E-state index contributed by atoms with van der Waals surface area (Å²) in [6.07, 6.45) is 1.95. The van der Waals surface area contributed by atoms with Gasteiger partial charge in [-0.2, -0.15) is 0 Å². The maximum Gasteiger partial charge on any atom is 0.311 e. The zero-order valence-electron chi connectivity index (χ0n) is 9.10. The van der Waals surface area contributed by atoms with Gasteiger partial charge in [0.2, 0.25) is 0 Å². The van der Waals surface area contributed by atoms with E-state index in [0.717, 1.165) is 19.4 Å². The summed E-state index contributed by atoms with van der Waals surface area (Å²) >= 11 is 5.78. The third-order valence-electron chi connectivity index (χ3n) is 2.57. The summed E-state index contributed by atoms with van der Waals surface area (Å²) in [4.78, 5) is 10.3. The highest BCUT2D eigenvalue weighted by atomic mass is 35.5. The Morgan fingerprint density at radius 2 is 2.41 bits per heavy atom. The molecule has 2 rings (SSSR count). The first kappa shape index (κ1) is 12.1. The molecule has 5 nitrogen and oxygen atoms in total. The topological polar surface area (TPSA) is 61.6 Å². The summed E-state index contributed by atoms with van der Waals surface area (Å²) in [5.74, 6) is 0.193. The van der Waals surface area contributed by atoms with E-state index < -0.39 is 4.92 Å². The Balaban J connectivity index is 2.07. The van der Waals surface area contributed by atoms with Crippen molar-refractivity contribution < 1.29 is 14.4 Å². The number of ether oxygens (including phenoxy) is 2. The molecule has 1 unspecified atom stereocenters. The number of nitro benzene ring substituents is 1. The van der Waals surface area contributed by atoms with Gasteiger partial charge in [0.25, 0.3) is 0 Å². The molecule has 0 aliphatic carbocycles. The smallest absolute Gasteiger partial charge is 0.311 e. The standard InChI is InChI=1S/C11H12ClNO4/c12-8-3-4-10(13(14)15)11(6-8)17-7-9-2-1-5-16-9/h3-4,6,9H,1-2,5,7H2. The van der Waals surface area contributed by atoms with Gasteiger partial charge in [0.05, 0.1) is 11.0 Å². The van der Waals surface area contributed by atoms with Gasteiger partial charge in [-0.15, -0.1) is 0 Å². The first-order valence-corrected chi connectivity index (χ1v) is 5.73. The zero-order chi connectivity index (χ0) is 12.3. The number of benzene rings is 1. The average molecular weight is 258 g/mol. The van der Waals surface area contributed by atoms with Crippen LogP contribution in [0.15, 0.2) is 18.2 Å². The molecular formula is C11H12ClNO4. The Hall–Kier alpha value is -1.33. The van der Waals surface area contributed by atoms with E-state index in [1.165, 1.54) is 18.2 Å². The Labute approximate surface area is 103 Å². The summed E-state index contributed by atoms with van der Waals surface area (Å²) < 4.78 is 10.8. The lowest BCUT2D eigenvalue weighted by Crippen LogP contribution is -2.16. The van der Waals surface area contributed by atoms with Gasteiger partial charge in [0.15, 0.2) is 5.75 Å². The summed E-state index contributed by atoms with van der Waals surface area (Å²) in [5, 5.41) is 11.2. The van der Waals surface area contributed by atoms with Crippen molar-refractivity contribution in [3.63, 3.8) is 0 Å². The molecule has 0 aromatic heterocycles. The molecule has 1 fully saturated rings. The second-order valence-corrected chi connectivity index (χ2v) is 4.25. The second-order valence-electron chi connectivity index (χ2n) is 3.82. The average Bonchev–Trinajstić information content (AvgIpc) is 2.78. The van der Waals surface area contributed by atoms with Gasteiger partial charge < -0.3 is 9.47 Å². The molecular weight excluding hydrogens is 246 g/mol. The van der Waals surface area contributed by atoms with Gasteiger partial charge in [-0.05, 0) is 18.9 Å². The molecule has 1 aromatic rings. The largest absolute Gasteiger partial charge is 0.484 e. The summed E-state index contributed by atoms with van der Waals surface area (Å²) in [5.41, 5.74) is -0.0765. The predicted octanol–water partition coefficient (Wildman–Crippen LogP) is 2.81. The van der Waals surface area contributed by atoms with Crippen LogP contribution in [0.1, 0.15) is 12.8 Å². The van der Waals surface area contributed by atoms with Crippen molar-refractivity contribution in [2.75, 3.05) is 13.2 Å². The SMILES string of the molecule is O=[N+]([O-])c1ccc(Cl)cc1OCC1CCCO1. The highest BCUT2D eigenvalue weighted by molar-refractivity contribution is 6.30. The lowest BCUT2D eigenvalue weighted by Gasteiger charge is -2.11. The lowest BCUT2D eigenvalue weighted by molar-refractivity contribution is -0.385. The Bertz CT molecular complexity index is 418. The second kappa shape index (κ2) is 5.33. The highest BCUT2D eigenvalue weighted by Gasteiger charge is 2.20. The quantitative estimate of drug-likeness (QED) is 0.615. The molecule has 1 atom stereocenters. The van der Waals surface area contributed by atoms with E-state index in [9.17, 15) is 10.1 Å². The van der Waals surface area contributed by atoms with E-state index in [0.29, 0.717) is 11.6 Å². The normalized spacial score (nSPS) is 19.2. The lowest BCUT2D eigenvalue weighted by atomic mass is 10.2. The van der Waals surface area contributed by atoms with Gasteiger partial charge >= 0.3 is 5.69 Å². The van der Waals surface area contributed by atoms with E-state index in [1.54, 1.807) is 0 Å². The van der Waals surface area contributed by atoms with Crippen LogP contribution < -0.4 is 4.74 Å². The molecule has 92 valence electrons. The molecule has 1 aliphatic heterocycles. The fourth-order valence-corrected chi connectivity index (χ4v) is 1.88. The number of hydrogen-bond donors (Lipinski definition) is 0. The molecule has 1 aliphatic rings. The third kappa shape index (κ3) is 3.08. The molecule has 1 aromatic carbocycles. The van der Waals surface area contributed by atoms with Crippen LogP contribution in [0, 0.1) is 10.1 Å². The fourth-order valence-electron chi connectivity index (χ4n) is 1.71. The van der Waals surface area contributed by atoms with Crippen molar-refractivity contribution in [2.45, 2.75) is 18.9 Å². The summed E-state index contributed by atoms with van der Waals surface area (Å²) in [6.45, 7) is 1.05. The molecule has 1 saturated heterocycles. The molecule has 1 heterocycles. The number of nitrogens with zero attached hydrogens (tertiary/aromatic N) is 1. The third-order valence-corrected chi connectivity index (χ3v) is 2.80. The number of rotatable bonds is 4. The molecule has 6 heteroatoms. The Kier molecular flexibility index (Phi) is 3.81. The van der Waals surface area contributed by atoms with Gasteiger partial charge in [-0.25, -0.2) is 0 Å². The molecule has 0 amide bonds. The number of halogens is 1. The Morgan fingerprint density at radius 3 is 3.06 bits per heavy atom. The van der Waals surface area contributed by atoms with Crippen molar-refractivity contribution in [3.8, 4) is 5.75 Å². The van der Waals surface area contributed by atoms with E-state index in [1.807, 2.05) is 0 Å². The van der Waals surface area contributed by atoms with Crippen LogP contribution in [-0.4, -0.2) is 24.2 Å². The fraction of sp³-hybridized carbons (Fsp3) is 0.455. The summed E-state index contributed by atoms with van der Waals surface area (Å²) in [6, 6.07) is 4.26.